The lowest BCUT2D eigenvalue weighted by atomic mass is 10.1. The van der Waals surface area contributed by atoms with Gasteiger partial charge in [0.2, 0.25) is 0 Å². The fourth-order valence-electron chi connectivity index (χ4n) is 0.931. The standard InChI is InChI=1S/C8H18S2.2H2S/c9-7-5-3-1-2-4-6-8-10;;/h9-10H,1-8H2;2*1H2. The Morgan fingerprint density at radius 3 is 1.00 bits per heavy atom. The third-order valence-electron chi connectivity index (χ3n) is 1.57. The second-order valence-corrected chi connectivity index (χ2v) is 3.46. The van der Waals surface area contributed by atoms with E-state index < -0.39 is 0 Å². The summed E-state index contributed by atoms with van der Waals surface area (Å²) in [5.74, 6) is 2.10. The van der Waals surface area contributed by atoms with Gasteiger partial charge in [-0.2, -0.15) is 52.2 Å². The molecule has 0 saturated carbocycles. The molecule has 0 radical (unpaired) electrons. The smallest absolute Gasteiger partial charge is 0.00979 e. The van der Waals surface area contributed by atoms with Crippen LogP contribution in [0.1, 0.15) is 38.5 Å². The molecule has 0 atom stereocenters. The Labute approximate surface area is 102 Å². The Hall–Kier alpha value is 1.40. The Morgan fingerprint density at radius 2 is 0.750 bits per heavy atom. The van der Waals surface area contributed by atoms with Crippen LogP contribution in [0.4, 0.5) is 0 Å². The molecule has 0 aromatic heterocycles. The van der Waals surface area contributed by atoms with Crippen LogP contribution in [0, 0.1) is 0 Å². The highest BCUT2D eigenvalue weighted by molar-refractivity contribution is 7.80. The number of hydrogen-bond donors (Lipinski definition) is 2. The fourth-order valence-corrected chi connectivity index (χ4v) is 1.38. The van der Waals surface area contributed by atoms with Gasteiger partial charge >= 0.3 is 0 Å². The van der Waals surface area contributed by atoms with Crippen molar-refractivity contribution in [1.29, 1.82) is 0 Å². The molecule has 0 aromatic rings. The maximum Gasteiger partial charge on any atom is -0.00979 e. The van der Waals surface area contributed by atoms with Crippen molar-refractivity contribution in [3.05, 3.63) is 0 Å². The summed E-state index contributed by atoms with van der Waals surface area (Å²) >= 11 is 8.30. The van der Waals surface area contributed by atoms with Crippen LogP contribution < -0.4 is 0 Å². The predicted octanol–water partition coefficient (Wildman–Crippen LogP) is 3.41. The maximum absolute atomic E-state index is 4.15. The van der Waals surface area contributed by atoms with Gasteiger partial charge in [-0.1, -0.05) is 25.7 Å². The number of thiol groups is 2. The van der Waals surface area contributed by atoms with E-state index in [1.54, 1.807) is 0 Å². The first kappa shape index (κ1) is 19.0. The van der Waals surface area contributed by atoms with Crippen molar-refractivity contribution in [3.8, 4) is 0 Å². The normalized spacial score (nSPS) is 8.50. The van der Waals surface area contributed by atoms with Crippen LogP contribution in [0.15, 0.2) is 0 Å². The quantitative estimate of drug-likeness (QED) is 0.499. The Bertz CT molecular complexity index is 51.0. The van der Waals surface area contributed by atoms with Gasteiger partial charge in [0, 0.05) is 0 Å². The molecule has 0 amide bonds. The molecule has 0 saturated heterocycles. The SMILES string of the molecule is S.S.SCCCCCCCCS. The summed E-state index contributed by atoms with van der Waals surface area (Å²) in [7, 11) is 0. The first-order chi connectivity index (χ1) is 4.91. The molecule has 0 aromatic carbocycles. The maximum atomic E-state index is 4.15. The summed E-state index contributed by atoms with van der Waals surface area (Å²) in [6.45, 7) is 0. The van der Waals surface area contributed by atoms with Crippen LogP contribution >= 0.6 is 52.2 Å². The molecular formula is C8H22S4. The Morgan fingerprint density at radius 1 is 0.500 bits per heavy atom. The van der Waals surface area contributed by atoms with E-state index in [1.807, 2.05) is 0 Å². The molecule has 0 fully saturated rings. The van der Waals surface area contributed by atoms with Gasteiger partial charge in [0.1, 0.15) is 0 Å². The molecule has 0 bridgehead atoms. The van der Waals surface area contributed by atoms with E-state index in [9.17, 15) is 0 Å². The van der Waals surface area contributed by atoms with Crippen LogP contribution in [-0.2, 0) is 0 Å². The molecule has 12 heavy (non-hydrogen) atoms. The first-order valence-corrected chi connectivity index (χ1v) is 5.40. The van der Waals surface area contributed by atoms with Gasteiger partial charge in [-0.15, -0.1) is 0 Å². The van der Waals surface area contributed by atoms with E-state index in [2.05, 4.69) is 25.3 Å². The predicted molar refractivity (Wildman–Crippen MR) is 76.2 cm³/mol. The minimum atomic E-state index is 0. The molecular weight excluding hydrogens is 224 g/mol. The molecule has 0 spiro atoms. The minimum absolute atomic E-state index is 0. The van der Waals surface area contributed by atoms with Gasteiger partial charge in [0.15, 0.2) is 0 Å². The van der Waals surface area contributed by atoms with Gasteiger partial charge < -0.3 is 0 Å². The molecule has 0 nitrogen and oxygen atoms in total. The van der Waals surface area contributed by atoms with Crippen molar-refractivity contribution in [2.75, 3.05) is 11.5 Å². The molecule has 0 unspecified atom stereocenters. The third kappa shape index (κ3) is 17.5. The molecule has 0 aliphatic carbocycles. The second-order valence-electron chi connectivity index (χ2n) is 2.57. The molecule has 78 valence electrons. The van der Waals surface area contributed by atoms with Crippen molar-refractivity contribution in [2.24, 2.45) is 0 Å². The lowest BCUT2D eigenvalue weighted by Crippen LogP contribution is -1.81. The van der Waals surface area contributed by atoms with Crippen LogP contribution in [0.3, 0.4) is 0 Å². The lowest BCUT2D eigenvalue weighted by Gasteiger charge is -1.97. The first-order valence-electron chi connectivity index (χ1n) is 4.13. The largest absolute Gasteiger partial charge is 0.197 e. The molecule has 0 aliphatic heterocycles. The monoisotopic (exact) mass is 246 g/mol. The van der Waals surface area contributed by atoms with Crippen molar-refractivity contribution >= 4 is 52.2 Å². The molecule has 0 N–H and O–H groups in total. The number of hydrogen-bond acceptors (Lipinski definition) is 2. The summed E-state index contributed by atoms with van der Waals surface area (Å²) in [4.78, 5) is 0. The summed E-state index contributed by atoms with van der Waals surface area (Å²) in [5, 5.41) is 0. The summed E-state index contributed by atoms with van der Waals surface area (Å²) in [5.41, 5.74) is 0. The van der Waals surface area contributed by atoms with Gasteiger partial charge in [-0.3, -0.25) is 0 Å². The summed E-state index contributed by atoms with van der Waals surface area (Å²) in [6.07, 6.45) is 8.04. The van der Waals surface area contributed by atoms with Gasteiger partial charge in [-0.25, -0.2) is 0 Å². The van der Waals surface area contributed by atoms with Crippen molar-refractivity contribution in [1.82, 2.24) is 0 Å². The van der Waals surface area contributed by atoms with E-state index in [0.717, 1.165) is 11.5 Å². The van der Waals surface area contributed by atoms with Crippen molar-refractivity contribution in [2.45, 2.75) is 38.5 Å². The Balaban J connectivity index is -0.000000405. The van der Waals surface area contributed by atoms with Gasteiger partial charge in [0.25, 0.3) is 0 Å². The topological polar surface area (TPSA) is 0 Å². The molecule has 0 rings (SSSR count). The number of unbranched alkanes of at least 4 members (excludes halogenated alkanes) is 5. The van der Waals surface area contributed by atoms with Crippen LogP contribution in [0.5, 0.6) is 0 Å². The zero-order chi connectivity index (χ0) is 7.66. The van der Waals surface area contributed by atoms with E-state index in [4.69, 9.17) is 0 Å². The second kappa shape index (κ2) is 18.2. The molecule has 0 heterocycles. The highest BCUT2D eigenvalue weighted by Gasteiger charge is 1.87. The lowest BCUT2D eigenvalue weighted by molar-refractivity contribution is 0.630. The Kier molecular flexibility index (Phi) is 29.0. The average Bonchev–Trinajstić information content (AvgIpc) is 1.97. The minimum Gasteiger partial charge on any atom is -0.197 e. The van der Waals surface area contributed by atoms with Gasteiger partial charge in [-0.05, 0) is 24.3 Å². The fraction of sp³-hybridized carbons (Fsp3) is 1.00. The average molecular weight is 247 g/mol. The van der Waals surface area contributed by atoms with Crippen molar-refractivity contribution < 1.29 is 0 Å². The highest BCUT2D eigenvalue weighted by Crippen LogP contribution is 2.05. The van der Waals surface area contributed by atoms with E-state index >= 15 is 0 Å². The number of rotatable bonds is 7. The zero-order valence-corrected chi connectivity index (χ0v) is 11.3. The summed E-state index contributed by atoms with van der Waals surface area (Å²) < 4.78 is 0. The van der Waals surface area contributed by atoms with E-state index in [-0.39, 0.29) is 27.0 Å². The summed E-state index contributed by atoms with van der Waals surface area (Å²) in [6, 6.07) is 0. The highest BCUT2D eigenvalue weighted by atomic mass is 32.1. The third-order valence-corrected chi connectivity index (χ3v) is 2.20. The van der Waals surface area contributed by atoms with Crippen molar-refractivity contribution in [3.63, 3.8) is 0 Å². The van der Waals surface area contributed by atoms with Crippen LogP contribution in [-0.4, -0.2) is 11.5 Å². The van der Waals surface area contributed by atoms with Gasteiger partial charge in [0.05, 0.1) is 0 Å². The molecule has 4 heteroatoms. The molecule has 0 aliphatic rings. The van der Waals surface area contributed by atoms with E-state index in [1.165, 1.54) is 38.5 Å². The van der Waals surface area contributed by atoms with Crippen LogP contribution in [0.25, 0.3) is 0 Å². The zero-order valence-electron chi connectivity index (χ0n) is 7.55. The van der Waals surface area contributed by atoms with Crippen LogP contribution in [0.2, 0.25) is 0 Å². The van der Waals surface area contributed by atoms with E-state index in [0.29, 0.717) is 0 Å².